The molecule has 0 spiro atoms. The van der Waals surface area contributed by atoms with Gasteiger partial charge < -0.3 is 14.2 Å². The lowest BCUT2D eigenvalue weighted by Crippen LogP contribution is -2.30. The van der Waals surface area contributed by atoms with Crippen molar-refractivity contribution in [2.24, 2.45) is 0 Å². The minimum atomic E-state index is -0.750. The van der Waals surface area contributed by atoms with Gasteiger partial charge in [0.1, 0.15) is 13.2 Å². The Morgan fingerprint density at radius 2 is 1.07 bits per heavy atom. The van der Waals surface area contributed by atoms with Crippen LogP contribution in [0.15, 0.2) is 0 Å². The van der Waals surface area contributed by atoms with E-state index >= 15 is 0 Å². The lowest BCUT2D eigenvalue weighted by Gasteiger charge is -2.17. The predicted octanol–water partition coefficient (Wildman–Crippen LogP) is 5.51. The van der Waals surface area contributed by atoms with Crippen LogP contribution < -0.4 is 0 Å². The molecule has 6 heteroatoms. The molecule has 1 atom stereocenters. The van der Waals surface area contributed by atoms with Crippen LogP contribution in [0.25, 0.3) is 0 Å². The first-order valence-corrected chi connectivity index (χ1v) is 11.5. The van der Waals surface area contributed by atoms with Crippen LogP contribution in [-0.4, -0.2) is 37.2 Å². The summed E-state index contributed by atoms with van der Waals surface area (Å²) < 4.78 is 15.5. The molecule has 0 saturated heterocycles. The van der Waals surface area contributed by atoms with Crippen molar-refractivity contribution in [2.45, 2.75) is 117 Å². The van der Waals surface area contributed by atoms with Crippen LogP contribution in [0.4, 0.5) is 0 Å². The van der Waals surface area contributed by atoms with Gasteiger partial charge in [-0.15, -0.1) is 0 Å². The van der Waals surface area contributed by atoms with E-state index in [1.807, 2.05) is 0 Å². The van der Waals surface area contributed by atoms with E-state index in [0.29, 0.717) is 12.8 Å². The monoisotopic (exact) mass is 414 g/mol. The fraction of sp³-hybridized carbons (Fsp3) is 0.870. The number of hydrogen-bond donors (Lipinski definition) is 0. The van der Waals surface area contributed by atoms with Gasteiger partial charge in [-0.05, 0) is 12.8 Å². The normalized spacial score (nSPS) is 11.7. The van der Waals surface area contributed by atoms with E-state index in [4.69, 9.17) is 14.2 Å². The average Bonchev–Trinajstić information content (AvgIpc) is 2.69. The van der Waals surface area contributed by atoms with Crippen LogP contribution in [0, 0.1) is 0 Å². The van der Waals surface area contributed by atoms with Crippen molar-refractivity contribution in [1.82, 2.24) is 0 Å². The van der Waals surface area contributed by atoms with E-state index in [1.165, 1.54) is 45.4 Å². The zero-order valence-electron chi connectivity index (χ0n) is 18.8. The molecule has 170 valence electrons. The maximum atomic E-state index is 12.0. The van der Waals surface area contributed by atoms with Crippen molar-refractivity contribution in [3.63, 3.8) is 0 Å². The minimum absolute atomic E-state index is 0.0792. The van der Waals surface area contributed by atoms with E-state index in [-0.39, 0.29) is 25.2 Å². The van der Waals surface area contributed by atoms with Crippen LogP contribution in [0.5, 0.6) is 0 Å². The Morgan fingerprint density at radius 3 is 1.59 bits per heavy atom. The third-order valence-corrected chi connectivity index (χ3v) is 4.67. The van der Waals surface area contributed by atoms with Gasteiger partial charge in [0.15, 0.2) is 6.10 Å². The molecule has 0 aliphatic heterocycles. The van der Waals surface area contributed by atoms with Crippen LogP contribution in [-0.2, 0) is 28.6 Å². The van der Waals surface area contributed by atoms with Crippen molar-refractivity contribution in [3.05, 3.63) is 0 Å². The Bertz CT molecular complexity index is 435. The third kappa shape index (κ3) is 19.5. The zero-order valence-corrected chi connectivity index (χ0v) is 18.8. The van der Waals surface area contributed by atoms with E-state index in [0.717, 1.165) is 38.5 Å². The van der Waals surface area contributed by atoms with E-state index in [1.54, 1.807) is 0 Å². The summed E-state index contributed by atoms with van der Waals surface area (Å²) in [5.41, 5.74) is 0. The first-order chi connectivity index (χ1) is 14.0. The van der Waals surface area contributed by atoms with E-state index < -0.39 is 12.1 Å². The second-order valence-electron chi connectivity index (χ2n) is 7.63. The summed E-state index contributed by atoms with van der Waals surface area (Å²) in [6.45, 7) is 5.46. The number of hydrogen-bond acceptors (Lipinski definition) is 6. The largest absolute Gasteiger partial charge is 0.462 e. The summed E-state index contributed by atoms with van der Waals surface area (Å²) in [7, 11) is 0. The number of rotatable bonds is 19. The molecule has 0 aliphatic carbocycles. The SMILES string of the molecule is CCCCCCCCC(=O)OCC(COC(C)=O)OC(=O)CCCCCCCC. The van der Waals surface area contributed by atoms with Gasteiger partial charge in [-0.1, -0.05) is 78.1 Å². The molecule has 1 unspecified atom stereocenters. The van der Waals surface area contributed by atoms with Crippen molar-refractivity contribution >= 4 is 17.9 Å². The maximum Gasteiger partial charge on any atom is 0.306 e. The van der Waals surface area contributed by atoms with Gasteiger partial charge in [-0.3, -0.25) is 14.4 Å². The molecule has 0 aromatic carbocycles. The molecular formula is C23H42O6. The second-order valence-corrected chi connectivity index (χ2v) is 7.63. The highest BCUT2D eigenvalue weighted by atomic mass is 16.6. The Kier molecular flexibility index (Phi) is 18.6. The first-order valence-electron chi connectivity index (χ1n) is 11.5. The van der Waals surface area contributed by atoms with Crippen LogP contribution in [0.2, 0.25) is 0 Å². The maximum absolute atomic E-state index is 12.0. The van der Waals surface area contributed by atoms with Gasteiger partial charge >= 0.3 is 17.9 Å². The predicted molar refractivity (Wildman–Crippen MR) is 113 cm³/mol. The molecule has 0 aromatic heterocycles. The molecule has 0 amide bonds. The second kappa shape index (κ2) is 19.7. The van der Waals surface area contributed by atoms with Gasteiger partial charge in [0, 0.05) is 19.8 Å². The number of esters is 3. The van der Waals surface area contributed by atoms with E-state index in [2.05, 4.69) is 13.8 Å². The molecule has 6 nitrogen and oxygen atoms in total. The van der Waals surface area contributed by atoms with Gasteiger partial charge in [0.2, 0.25) is 0 Å². The Hall–Kier alpha value is -1.59. The molecule has 0 aromatic rings. The molecular weight excluding hydrogens is 372 g/mol. The average molecular weight is 415 g/mol. The Labute approximate surface area is 177 Å². The van der Waals surface area contributed by atoms with Crippen molar-refractivity contribution in [3.8, 4) is 0 Å². The molecule has 0 radical (unpaired) electrons. The number of carbonyl (C=O) groups excluding carboxylic acids is 3. The van der Waals surface area contributed by atoms with Gasteiger partial charge in [-0.25, -0.2) is 0 Å². The standard InChI is InChI=1S/C23H42O6/c1-4-6-8-10-12-14-16-22(25)28-19-21(18-27-20(3)24)29-23(26)17-15-13-11-9-7-5-2/h21H,4-19H2,1-3H3. The van der Waals surface area contributed by atoms with E-state index in [9.17, 15) is 14.4 Å². The summed E-state index contributed by atoms with van der Waals surface area (Å²) in [5.74, 6) is -1.11. The molecule has 0 N–H and O–H groups in total. The fourth-order valence-electron chi connectivity index (χ4n) is 2.93. The molecule has 0 rings (SSSR count). The minimum Gasteiger partial charge on any atom is -0.462 e. The summed E-state index contributed by atoms with van der Waals surface area (Å²) in [4.78, 5) is 35.0. The van der Waals surface area contributed by atoms with Crippen molar-refractivity contribution in [1.29, 1.82) is 0 Å². The molecule has 0 fully saturated rings. The Morgan fingerprint density at radius 1 is 0.621 bits per heavy atom. The van der Waals surface area contributed by atoms with Crippen LogP contribution in [0.1, 0.15) is 111 Å². The third-order valence-electron chi connectivity index (χ3n) is 4.67. The first kappa shape index (κ1) is 27.4. The molecule has 0 aliphatic rings. The zero-order chi connectivity index (χ0) is 21.7. The number of carbonyl (C=O) groups is 3. The lowest BCUT2D eigenvalue weighted by atomic mass is 10.1. The van der Waals surface area contributed by atoms with Gasteiger partial charge in [-0.2, -0.15) is 0 Å². The summed E-state index contributed by atoms with van der Waals surface area (Å²) in [6, 6.07) is 0. The quantitative estimate of drug-likeness (QED) is 0.158. The molecule has 0 saturated carbocycles. The highest BCUT2D eigenvalue weighted by Gasteiger charge is 2.18. The lowest BCUT2D eigenvalue weighted by molar-refractivity contribution is -0.166. The summed E-state index contributed by atoms with van der Waals surface area (Å²) in [5, 5.41) is 0. The smallest absolute Gasteiger partial charge is 0.306 e. The van der Waals surface area contributed by atoms with Gasteiger partial charge in [0.05, 0.1) is 0 Å². The fourth-order valence-corrected chi connectivity index (χ4v) is 2.93. The molecule has 0 bridgehead atoms. The van der Waals surface area contributed by atoms with Crippen molar-refractivity contribution < 1.29 is 28.6 Å². The number of ether oxygens (including phenoxy) is 3. The van der Waals surface area contributed by atoms with Crippen LogP contribution in [0.3, 0.4) is 0 Å². The number of unbranched alkanes of at least 4 members (excludes halogenated alkanes) is 10. The summed E-state index contributed by atoms with van der Waals surface area (Å²) >= 11 is 0. The highest BCUT2D eigenvalue weighted by Crippen LogP contribution is 2.10. The van der Waals surface area contributed by atoms with Gasteiger partial charge in [0.25, 0.3) is 0 Å². The highest BCUT2D eigenvalue weighted by molar-refractivity contribution is 5.70. The molecule has 29 heavy (non-hydrogen) atoms. The summed E-state index contributed by atoms with van der Waals surface area (Å²) in [6.07, 6.45) is 13.0. The van der Waals surface area contributed by atoms with Crippen molar-refractivity contribution in [2.75, 3.05) is 13.2 Å². The Balaban J connectivity index is 4.08. The molecule has 0 heterocycles. The van der Waals surface area contributed by atoms with Crippen LogP contribution >= 0.6 is 0 Å². The topological polar surface area (TPSA) is 78.9 Å².